The molecular weight excluding hydrogens is 661 g/mol. The Balaban J connectivity index is 1.16. The summed E-state index contributed by atoms with van der Waals surface area (Å²) in [6, 6.07) is 63.9. The fraction of sp³-hybridized carbons (Fsp3) is 0.0204. The van der Waals surface area contributed by atoms with Gasteiger partial charge in [-0.05, 0) is 69.9 Å². The largest absolute Gasteiger partial charge is 0.455 e. The van der Waals surface area contributed by atoms with E-state index in [1.54, 1.807) is 0 Å². The van der Waals surface area contributed by atoms with Crippen molar-refractivity contribution in [1.29, 1.82) is 0 Å². The lowest BCUT2D eigenvalue weighted by molar-refractivity contribution is 0.663. The molecule has 0 spiro atoms. The van der Waals surface area contributed by atoms with E-state index in [1.165, 1.54) is 21.5 Å². The number of amidine groups is 2. The molecular formula is C49H32N4O. The fourth-order valence-corrected chi connectivity index (χ4v) is 8.09. The highest BCUT2D eigenvalue weighted by Crippen LogP contribution is 2.41. The molecule has 8 aromatic carbocycles. The maximum Gasteiger partial charge on any atom is 0.163 e. The third-order valence-corrected chi connectivity index (χ3v) is 10.6. The van der Waals surface area contributed by atoms with Gasteiger partial charge in [-0.25, -0.2) is 9.98 Å². The molecule has 3 heterocycles. The van der Waals surface area contributed by atoms with Gasteiger partial charge in [0.1, 0.15) is 23.2 Å². The van der Waals surface area contributed by atoms with Gasteiger partial charge in [-0.3, -0.25) is 0 Å². The van der Waals surface area contributed by atoms with Crippen LogP contribution in [0.2, 0.25) is 0 Å². The van der Waals surface area contributed by atoms with Gasteiger partial charge in [0, 0.05) is 21.7 Å². The van der Waals surface area contributed by atoms with E-state index in [9.17, 15) is 0 Å². The maximum absolute atomic E-state index is 6.84. The first kappa shape index (κ1) is 30.4. The van der Waals surface area contributed by atoms with Crippen molar-refractivity contribution in [2.24, 2.45) is 9.98 Å². The van der Waals surface area contributed by atoms with Crippen LogP contribution in [0.1, 0.15) is 22.9 Å². The molecule has 1 N–H and O–H groups in total. The number of aromatic nitrogens is 1. The minimum absolute atomic E-state index is 0.348. The normalized spacial score (nSPS) is 14.5. The molecule has 254 valence electrons. The van der Waals surface area contributed by atoms with Crippen molar-refractivity contribution in [3.05, 3.63) is 199 Å². The summed E-state index contributed by atoms with van der Waals surface area (Å²) in [5, 5.41) is 10.6. The summed E-state index contributed by atoms with van der Waals surface area (Å²) in [5.41, 5.74) is 10.1. The summed E-state index contributed by atoms with van der Waals surface area (Å²) < 4.78 is 9.24. The second kappa shape index (κ2) is 12.2. The van der Waals surface area contributed by atoms with Gasteiger partial charge in [0.15, 0.2) is 5.84 Å². The monoisotopic (exact) mass is 692 g/mol. The summed E-state index contributed by atoms with van der Waals surface area (Å²) >= 11 is 0. The Hall–Kier alpha value is -7.24. The molecule has 5 heteroatoms. The van der Waals surface area contributed by atoms with E-state index in [0.29, 0.717) is 5.84 Å². The fourth-order valence-electron chi connectivity index (χ4n) is 8.09. The molecule has 1 unspecified atom stereocenters. The molecule has 2 aromatic heterocycles. The lowest BCUT2D eigenvalue weighted by Gasteiger charge is -2.24. The van der Waals surface area contributed by atoms with Crippen molar-refractivity contribution in [3.63, 3.8) is 0 Å². The van der Waals surface area contributed by atoms with E-state index in [4.69, 9.17) is 14.4 Å². The Bertz CT molecular complexity index is 3140. The number of aliphatic imine (C=N–C) groups is 2. The number of hydrogen-bond acceptors (Lipinski definition) is 4. The first-order chi connectivity index (χ1) is 26.8. The molecule has 10 aromatic rings. The van der Waals surface area contributed by atoms with Crippen molar-refractivity contribution < 1.29 is 4.42 Å². The SMILES string of the molecule is c1ccc(-c2cccc(C3=NC(c4ccc(-n5c6ccccc6c6cc7ccccc7cc65)c5c4oc4ccccc45)=NC(c4ccccc4)N3)c2)cc1. The van der Waals surface area contributed by atoms with Gasteiger partial charge >= 0.3 is 0 Å². The van der Waals surface area contributed by atoms with E-state index < -0.39 is 0 Å². The molecule has 0 aliphatic carbocycles. The van der Waals surface area contributed by atoms with Crippen LogP contribution in [0.3, 0.4) is 0 Å². The number of para-hydroxylation sites is 2. The molecule has 1 aliphatic heterocycles. The summed E-state index contributed by atoms with van der Waals surface area (Å²) in [4.78, 5) is 10.5. The lowest BCUT2D eigenvalue weighted by Crippen LogP contribution is -2.33. The number of furan rings is 1. The van der Waals surface area contributed by atoms with E-state index in [-0.39, 0.29) is 6.17 Å². The smallest absolute Gasteiger partial charge is 0.163 e. The number of nitrogens with zero attached hydrogens (tertiary/aromatic N) is 3. The third kappa shape index (κ3) is 4.86. The van der Waals surface area contributed by atoms with Crippen molar-refractivity contribution in [2.75, 3.05) is 0 Å². The van der Waals surface area contributed by atoms with Gasteiger partial charge in [-0.2, -0.15) is 0 Å². The predicted molar refractivity (Wildman–Crippen MR) is 223 cm³/mol. The number of nitrogens with one attached hydrogen (secondary N) is 1. The van der Waals surface area contributed by atoms with Gasteiger partial charge in [-0.15, -0.1) is 0 Å². The molecule has 0 saturated carbocycles. The highest BCUT2D eigenvalue weighted by molar-refractivity contribution is 6.22. The molecule has 0 radical (unpaired) electrons. The quantitative estimate of drug-likeness (QED) is 0.195. The Morgan fingerprint density at radius 2 is 1.20 bits per heavy atom. The summed E-state index contributed by atoms with van der Waals surface area (Å²) in [7, 11) is 0. The maximum atomic E-state index is 6.84. The number of rotatable bonds is 5. The second-order valence-electron chi connectivity index (χ2n) is 13.8. The Morgan fingerprint density at radius 1 is 0.519 bits per heavy atom. The Labute approximate surface area is 311 Å². The molecule has 5 nitrogen and oxygen atoms in total. The standard InChI is InChI=1S/C49H32N4O/c1-3-14-31(15-4-1)33-20-13-21-36(28-33)48-50-47(32-16-5-2-6-17-32)51-49(52-48)39-26-27-42(45-38-23-10-12-25-44(38)54-46(39)45)53-41-24-11-9-22-37(41)40-29-34-18-7-8-19-35(34)30-43(40)53/h1-30,47H,(H,50,51,52). The average Bonchev–Trinajstić information content (AvgIpc) is 3.79. The highest BCUT2D eigenvalue weighted by atomic mass is 16.3. The first-order valence-corrected chi connectivity index (χ1v) is 18.3. The van der Waals surface area contributed by atoms with Crippen LogP contribution in [0.15, 0.2) is 196 Å². The molecule has 0 fully saturated rings. The third-order valence-electron chi connectivity index (χ3n) is 10.6. The van der Waals surface area contributed by atoms with Crippen LogP contribution in [0.4, 0.5) is 0 Å². The summed E-state index contributed by atoms with van der Waals surface area (Å²) in [6.07, 6.45) is -0.348. The molecule has 1 aliphatic rings. The van der Waals surface area contributed by atoms with E-state index in [2.05, 4.69) is 168 Å². The van der Waals surface area contributed by atoms with Crippen molar-refractivity contribution in [2.45, 2.75) is 6.17 Å². The zero-order chi connectivity index (χ0) is 35.6. The molecule has 0 bridgehead atoms. The van der Waals surface area contributed by atoms with E-state index in [1.807, 2.05) is 24.3 Å². The van der Waals surface area contributed by atoms with E-state index >= 15 is 0 Å². The predicted octanol–water partition coefficient (Wildman–Crippen LogP) is 12.0. The van der Waals surface area contributed by atoms with Crippen LogP contribution in [-0.4, -0.2) is 16.2 Å². The molecule has 0 amide bonds. The zero-order valence-electron chi connectivity index (χ0n) is 29.1. The molecule has 54 heavy (non-hydrogen) atoms. The van der Waals surface area contributed by atoms with Gasteiger partial charge in [0.25, 0.3) is 0 Å². The van der Waals surface area contributed by atoms with Crippen LogP contribution < -0.4 is 5.32 Å². The highest BCUT2D eigenvalue weighted by Gasteiger charge is 2.26. The Kier molecular flexibility index (Phi) is 6.85. The van der Waals surface area contributed by atoms with Crippen molar-refractivity contribution in [3.8, 4) is 16.8 Å². The van der Waals surface area contributed by atoms with Gasteiger partial charge in [0.2, 0.25) is 0 Å². The van der Waals surface area contributed by atoms with Crippen LogP contribution in [0.5, 0.6) is 0 Å². The minimum Gasteiger partial charge on any atom is -0.455 e. The second-order valence-corrected chi connectivity index (χ2v) is 13.8. The van der Waals surface area contributed by atoms with Gasteiger partial charge in [0.05, 0.1) is 27.7 Å². The topological polar surface area (TPSA) is 54.8 Å². The van der Waals surface area contributed by atoms with Crippen LogP contribution in [0.25, 0.3) is 71.3 Å². The van der Waals surface area contributed by atoms with Crippen molar-refractivity contribution in [1.82, 2.24) is 9.88 Å². The van der Waals surface area contributed by atoms with Crippen LogP contribution >= 0.6 is 0 Å². The number of hydrogen-bond donors (Lipinski definition) is 1. The molecule has 1 atom stereocenters. The summed E-state index contributed by atoms with van der Waals surface area (Å²) in [5.74, 6) is 1.38. The average molecular weight is 693 g/mol. The number of benzene rings is 8. The molecule has 11 rings (SSSR count). The summed E-state index contributed by atoms with van der Waals surface area (Å²) in [6.45, 7) is 0. The van der Waals surface area contributed by atoms with Gasteiger partial charge in [-0.1, -0.05) is 140 Å². The zero-order valence-corrected chi connectivity index (χ0v) is 29.1. The Morgan fingerprint density at radius 3 is 2.06 bits per heavy atom. The molecule has 0 saturated heterocycles. The van der Waals surface area contributed by atoms with E-state index in [0.717, 1.165) is 72.3 Å². The lowest BCUT2D eigenvalue weighted by atomic mass is 10.0. The van der Waals surface area contributed by atoms with Crippen LogP contribution in [-0.2, 0) is 0 Å². The number of fused-ring (bicyclic) bond motifs is 7. The van der Waals surface area contributed by atoms with Crippen molar-refractivity contribution >= 4 is 66.2 Å². The first-order valence-electron chi connectivity index (χ1n) is 18.3. The minimum atomic E-state index is -0.348. The van der Waals surface area contributed by atoms with Crippen LogP contribution in [0, 0.1) is 0 Å². The van der Waals surface area contributed by atoms with Gasteiger partial charge < -0.3 is 14.3 Å².